The van der Waals surface area contributed by atoms with Gasteiger partial charge in [-0.2, -0.15) is 13.2 Å². The Morgan fingerprint density at radius 2 is 1.63 bits per heavy atom. The van der Waals surface area contributed by atoms with Gasteiger partial charge in [0, 0.05) is 12.8 Å². The number of hydrogen-bond donors (Lipinski definition) is 4. The maximum atomic E-state index is 13.7. The minimum Gasteiger partial charge on any atom is -0.491 e. The normalized spacial score (nSPS) is 13.7. The van der Waals surface area contributed by atoms with Gasteiger partial charge < -0.3 is 25.0 Å². The first-order valence-corrected chi connectivity index (χ1v) is 17.6. The average Bonchev–Trinajstić information content (AvgIpc) is 3.76. The molecular formula is C32H30F4N6O8S2. The number of aliphatic hydroxyl groups excluding tert-OH is 1. The number of sulfonamides is 1. The van der Waals surface area contributed by atoms with Gasteiger partial charge in [0.05, 0.1) is 22.0 Å². The first-order valence-electron chi connectivity index (χ1n) is 15.2. The molecule has 3 atom stereocenters. The molecule has 52 heavy (non-hydrogen) atoms. The van der Waals surface area contributed by atoms with Crippen molar-refractivity contribution in [3.63, 3.8) is 0 Å². The number of benzene rings is 3. The van der Waals surface area contributed by atoms with Crippen LogP contribution in [0.15, 0.2) is 77.3 Å². The molecule has 5 aromatic rings. The number of nitrogens with zero attached hydrogens (tertiary/aromatic N) is 4. The van der Waals surface area contributed by atoms with Crippen LogP contribution in [0.2, 0.25) is 0 Å². The van der Waals surface area contributed by atoms with Gasteiger partial charge in [0.1, 0.15) is 55.3 Å². The molecule has 0 aliphatic rings. The lowest BCUT2D eigenvalue weighted by Crippen LogP contribution is -2.46. The van der Waals surface area contributed by atoms with Crippen LogP contribution in [-0.2, 0) is 45.2 Å². The van der Waals surface area contributed by atoms with Crippen LogP contribution in [0.4, 0.5) is 17.6 Å². The molecular weight excluding hydrogens is 737 g/mol. The number of ether oxygens (including phenoxy) is 2. The quantitative estimate of drug-likeness (QED) is 0.107. The van der Waals surface area contributed by atoms with E-state index in [0.717, 1.165) is 35.6 Å². The van der Waals surface area contributed by atoms with Crippen LogP contribution >= 0.6 is 11.3 Å². The number of carbonyl (C=O) groups is 2. The zero-order chi connectivity index (χ0) is 37.6. The summed E-state index contributed by atoms with van der Waals surface area (Å²) in [5, 5.41) is 35.1. The third kappa shape index (κ3) is 9.99. The molecule has 0 fully saturated rings. The van der Waals surface area contributed by atoms with Crippen LogP contribution in [0.25, 0.3) is 10.2 Å². The first-order chi connectivity index (χ1) is 24.6. The van der Waals surface area contributed by atoms with Crippen molar-refractivity contribution in [3.05, 3.63) is 95.3 Å². The van der Waals surface area contributed by atoms with Crippen molar-refractivity contribution in [2.24, 2.45) is 5.14 Å². The molecule has 276 valence electrons. The van der Waals surface area contributed by atoms with E-state index in [9.17, 15) is 45.8 Å². The predicted molar refractivity (Wildman–Crippen MR) is 177 cm³/mol. The van der Waals surface area contributed by atoms with E-state index in [-0.39, 0.29) is 41.7 Å². The number of carboxylic acid groups (broad SMARTS) is 1. The average molecular weight is 767 g/mol. The molecule has 2 aromatic heterocycles. The molecule has 3 aromatic carbocycles. The van der Waals surface area contributed by atoms with Crippen LogP contribution in [-0.4, -0.2) is 75.9 Å². The van der Waals surface area contributed by atoms with Crippen molar-refractivity contribution in [2.75, 3.05) is 13.3 Å². The van der Waals surface area contributed by atoms with Gasteiger partial charge in [0.15, 0.2) is 0 Å². The highest BCUT2D eigenvalue weighted by molar-refractivity contribution is 7.91. The molecule has 0 bridgehead atoms. The first kappa shape index (κ1) is 38.1. The summed E-state index contributed by atoms with van der Waals surface area (Å²) in [7, 11) is -4.00. The fourth-order valence-corrected chi connectivity index (χ4v) is 6.49. The van der Waals surface area contributed by atoms with E-state index in [0.29, 0.717) is 27.3 Å². The highest BCUT2D eigenvalue weighted by Gasteiger charge is 2.31. The summed E-state index contributed by atoms with van der Waals surface area (Å²) in [4.78, 5) is 29.9. The molecule has 0 spiro atoms. The SMILES string of the molecule is NS(=O)(=O)c1nc2ccc(OCc3cn([C@@H](Cc4ccc(OCC(O)CF)cc4)C(=O)NC(Cc4ccc(C(F)(F)F)cc4)C(=O)O)nn3)cc2s1. The van der Waals surface area contributed by atoms with Crippen molar-refractivity contribution >= 4 is 43.5 Å². The number of carbonyl (C=O) groups excluding carboxylic acids is 1. The predicted octanol–water partition coefficient (Wildman–Crippen LogP) is 3.44. The Kier molecular flexibility index (Phi) is 11.7. The molecule has 0 saturated carbocycles. The smallest absolute Gasteiger partial charge is 0.416 e. The van der Waals surface area contributed by atoms with E-state index in [1.165, 1.54) is 23.0 Å². The van der Waals surface area contributed by atoms with Gasteiger partial charge in [0.25, 0.3) is 10.0 Å². The number of rotatable bonds is 16. The maximum Gasteiger partial charge on any atom is 0.416 e. The molecule has 0 saturated heterocycles. The van der Waals surface area contributed by atoms with E-state index in [1.807, 2.05) is 0 Å². The van der Waals surface area contributed by atoms with E-state index < -0.39 is 58.5 Å². The molecule has 5 N–H and O–H groups in total. The third-order valence-corrected chi connectivity index (χ3v) is 9.80. The van der Waals surface area contributed by atoms with Crippen molar-refractivity contribution in [1.29, 1.82) is 0 Å². The molecule has 0 aliphatic carbocycles. The summed E-state index contributed by atoms with van der Waals surface area (Å²) < 4.78 is 87.6. The van der Waals surface area contributed by atoms with Gasteiger partial charge in [0.2, 0.25) is 10.2 Å². The van der Waals surface area contributed by atoms with Gasteiger partial charge in [-0.25, -0.2) is 32.4 Å². The third-order valence-electron chi connectivity index (χ3n) is 7.46. The lowest BCUT2D eigenvalue weighted by Gasteiger charge is -2.21. The van der Waals surface area contributed by atoms with Crippen LogP contribution < -0.4 is 19.9 Å². The summed E-state index contributed by atoms with van der Waals surface area (Å²) in [5.41, 5.74) is 0.563. The van der Waals surface area contributed by atoms with Gasteiger partial charge >= 0.3 is 12.1 Å². The molecule has 20 heteroatoms. The molecule has 0 radical (unpaired) electrons. The number of aliphatic carboxylic acids is 1. The molecule has 5 rings (SSSR count). The second-order valence-electron chi connectivity index (χ2n) is 11.4. The second-order valence-corrected chi connectivity index (χ2v) is 14.2. The number of alkyl halides is 4. The molecule has 14 nitrogen and oxygen atoms in total. The Labute approximate surface area is 296 Å². The number of halogens is 4. The molecule has 0 aliphatic heterocycles. The van der Waals surface area contributed by atoms with Gasteiger partial charge in [-0.05, 0) is 53.6 Å². The summed E-state index contributed by atoms with van der Waals surface area (Å²) in [6.07, 6.45) is -4.83. The lowest BCUT2D eigenvalue weighted by molar-refractivity contribution is -0.142. The summed E-state index contributed by atoms with van der Waals surface area (Å²) in [5.74, 6) is -1.55. The minimum atomic E-state index is -4.58. The number of nitrogens with one attached hydrogen (secondary N) is 1. The van der Waals surface area contributed by atoms with Crippen LogP contribution in [0.1, 0.15) is 28.4 Å². The van der Waals surface area contributed by atoms with Crippen molar-refractivity contribution in [1.82, 2.24) is 25.3 Å². The number of carboxylic acids is 1. The highest BCUT2D eigenvalue weighted by atomic mass is 32.2. The number of aromatic nitrogens is 4. The Morgan fingerprint density at radius 3 is 2.27 bits per heavy atom. The van der Waals surface area contributed by atoms with Gasteiger partial charge in [-0.3, -0.25) is 4.79 Å². The monoisotopic (exact) mass is 766 g/mol. The van der Waals surface area contributed by atoms with E-state index in [1.54, 1.807) is 30.3 Å². The Balaban J connectivity index is 1.34. The molecule has 2 unspecified atom stereocenters. The number of fused-ring (bicyclic) bond motifs is 1. The van der Waals surface area contributed by atoms with E-state index in [2.05, 4.69) is 20.6 Å². The van der Waals surface area contributed by atoms with Crippen molar-refractivity contribution < 1.29 is 55.3 Å². The molecule has 2 heterocycles. The van der Waals surface area contributed by atoms with E-state index >= 15 is 0 Å². The summed E-state index contributed by atoms with van der Waals surface area (Å²) >= 11 is 0.865. The number of amides is 1. The van der Waals surface area contributed by atoms with Crippen molar-refractivity contribution in [3.8, 4) is 11.5 Å². The Hall–Kier alpha value is -5.18. The summed E-state index contributed by atoms with van der Waals surface area (Å²) in [6.45, 7) is -1.41. The Morgan fingerprint density at radius 1 is 0.981 bits per heavy atom. The number of thiazole rings is 1. The fraction of sp³-hybridized carbons (Fsp3) is 0.281. The molecule has 1 amide bonds. The fourth-order valence-electron chi connectivity index (χ4n) is 4.81. The van der Waals surface area contributed by atoms with E-state index in [4.69, 9.17) is 14.6 Å². The summed E-state index contributed by atoms with van der Waals surface area (Å²) in [6, 6.07) is 12.2. The van der Waals surface area contributed by atoms with Crippen LogP contribution in [0.3, 0.4) is 0 Å². The Bertz CT molecular complexity index is 2130. The van der Waals surface area contributed by atoms with Gasteiger partial charge in [-0.1, -0.05) is 29.5 Å². The standard InChI is InChI=1S/C32H30F4N6O8S2/c33-14-22(43)17-50-23-7-3-19(4-8-23)12-27(29(44)38-26(30(45)46)11-18-1-5-20(6-2-18)32(34,35)36)42-15-21(40-41-42)16-49-24-9-10-25-28(13-24)51-31(39-25)52(37,47)48/h1-10,13,15,22,26-27,43H,11-12,14,16-17H2,(H,38,44)(H,45,46)(H2,37,47,48)/t22?,26?,27-/m0/s1. The largest absolute Gasteiger partial charge is 0.491 e. The topological polar surface area (TPSA) is 209 Å². The zero-order valence-electron chi connectivity index (χ0n) is 26.7. The highest BCUT2D eigenvalue weighted by Crippen LogP contribution is 2.30. The number of hydrogen-bond acceptors (Lipinski definition) is 11. The van der Waals surface area contributed by atoms with Gasteiger partial charge in [-0.15, -0.1) is 16.4 Å². The number of aliphatic hydroxyl groups is 1. The second kappa shape index (κ2) is 16.0. The minimum absolute atomic E-state index is 0.0378. The lowest BCUT2D eigenvalue weighted by atomic mass is 10.0. The van der Waals surface area contributed by atoms with Crippen LogP contribution in [0.5, 0.6) is 11.5 Å². The number of primary sulfonamides is 1. The van der Waals surface area contributed by atoms with Crippen LogP contribution in [0, 0.1) is 0 Å². The maximum absolute atomic E-state index is 13.7. The number of nitrogens with two attached hydrogens (primary N) is 1. The van der Waals surface area contributed by atoms with Crippen molar-refractivity contribution in [2.45, 2.75) is 48.2 Å². The zero-order valence-corrected chi connectivity index (χ0v) is 28.4.